The van der Waals surface area contributed by atoms with Gasteiger partial charge in [0.15, 0.2) is 0 Å². The third-order valence-electron chi connectivity index (χ3n) is 4.47. The van der Waals surface area contributed by atoms with Crippen LogP contribution >= 0.6 is 23.4 Å². The second-order valence-corrected chi connectivity index (χ2v) is 8.04. The number of halogens is 1. The molecule has 1 heterocycles. The number of nitriles is 1. The molecule has 6 nitrogen and oxygen atoms in total. The fourth-order valence-corrected chi connectivity index (χ4v) is 3.75. The smallest absolute Gasteiger partial charge is 0.234 e. The lowest BCUT2D eigenvalue weighted by Crippen LogP contribution is -2.15. The lowest BCUT2D eigenvalue weighted by Gasteiger charge is -2.10. The van der Waals surface area contributed by atoms with Crippen LogP contribution < -0.4 is 5.32 Å². The predicted molar refractivity (Wildman–Crippen MR) is 126 cm³/mol. The molecule has 0 saturated heterocycles. The van der Waals surface area contributed by atoms with Crippen molar-refractivity contribution >= 4 is 35.0 Å². The van der Waals surface area contributed by atoms with E-state index in [1.54, 1.807) is 18.2 Å². The molecular formula is C24H16ClN5OS. The largest absolute Gasteiger partial charge is 0.324 e. The number of carbonyl (C=O) groups is 1. The number of carbonyl (C=O) groups excluding carboxylic acids is 1. The monoisotopic (exact) mass is 457 g/mol. The Hall–Kier alpha value is -3.73. The van der Waals surface area contributed by atoms with E-state index >= 15 is 0 Å². The first-order valence-electron chi connectivity index (χ1n) is 9.62. The van der Waals surface area contributed by atoms with E-state index in [1.807, 2.05) is 66.7 Å². The van der Waals surface area contributed by atoms with Gasteiger partial charge in [0, 0.05) is 16.1 Å². The molecule has 1 aromatic heterocycles. The van der Waals surface area contributed by atoms with Crippen LogP contribution in [0, 0.1) is 11.3 Å². The van der Waals surface area contributed by atoms with Crippen molar-refractivity contribution in [1.82, 2.24) is 15.2 Å². The van der Waals surface area contributed by atoms with Gasteiger partial charge in [0.1, 0.15) is 17.5 Å². The molecule has 0 spiro atoms. The summed E-state index contributed by atoms with van der Waals surface area (Å²) >= 11 is 7.14. The summed E-state index contributed by atoms with van der Waals surface area (Å²) in [6.07, 6.45) is 0. The molecule has 4 rings (SSSR count). The Kier molecular flexibility index (Phi) is 6.75. The molecule has 32 heavy (non-hydrogen) atoms. The first kappa shape index (κ1) is 21.5. The van der Waals surface area contributed by atoms with Gasteiger partial charge >= 0.3 is 0 Å². The van der Waals surface area contributed by atoms with E-state index in [0.717, 1.165) is 11.1 Å². The average Bonchev–Trinajstić information content (AvgIpc) is 2.84. The number of thioether (sulfide) groups is 1. The molecule has 3 aromatic carbocycles. The molecule has 0 aliphatic carbocycles. The van der Waals surface area contributed by atoms with E-state index in [9.17, 15) is 10.1 Å². The van der Waals surface area contributed by atoms with Gasteiger partial charge < -0.3 is 5.32 Å². The van der Waals surface area contributed by atoms with Crippen LogP contribution in [0.15, 0.2) is 84.0 Å². The Bertz CT molecular complexity index is 1290. The van der Waals surface area contributed by atoms with Crippen LogP contribution in [-0.4, -0.2) is 26.8 Å². The van der Waals surface area contributed by atoms with Gasteiger partial charge in [-0.05, 0) is 18.2 Å². The fraction of sp³-hybridized carbons (Fsp3) is 0.0417. The Morgan fingerprint density at radius 3 is 2.25 bits per heavy atom. The molecule has 0 radical (unpaired) electrons. The lowest BCUT2D eigenvalue weighted by molar-refractivity contribution is -0.113. The number of rotatable bonds is 6. The number of aromatic nitrogens is 3. The van der Waals surface area contributed by atoms with E-state index in [0.29, 0.717) is 32.8 Å². The van der Waals surface area contributed by atoms with Crippen LogP contribution in [0.4, 0.5) is 5.69 Å². The Labute approximate surface area is 194 Å². The van der Waals surface area contributed by atoms with Gasteiger partial charge in [0.05, 0.1) is 17.0 Å². The van der Waals surface area contributed by atoms with Gasteiger partial charge in [-0.15, -0.1) is 10.2 Å². The van der Waals surface area contributed by atoms with Gasteiger partial charge in [0.25, 0.3) is 0 Å². The molecule has 0 atom stereocenters. The number of benzene rings is 3. The summed E-state index contributed by atoms with van der Waals surface area (Å²) in [5.74, 6) is -0.247. The first-order chi connectivity index (χ1) is 15.6. The molecule has 0 aliphatic heterocycles. The minimum atomic E-state index is -0.300. The number of hydrogen-bond donors (Lipinski definition) is 1. The van der Waals surface area contributed by atoms with Crippen LogP contribution in [0.1, 0.15) is 5.56 Å². The van der Waals surface area contributed by atoms with E-state index in [4.69, 9.17) is 11.6 Å². The number of amides is 1. The maximum absolute atomic E-state index is 12.4. The molecule has 1 amide bonds. The van der Waals surface area contributed by atoms with Gasteiger partial charge in [-0.1, -0.05) is 84.0 Å². The molecule has 156 valence electrons. The van der Waals surface area contributed by atoms with Crippen molar-refractivity contribution in [1.29, 1.82) is 5.26 Å². The summed E-state index contributed by atoms with van der Waals surface area (Å²) in [6, 6.07) is 26.2. The van der Waals surface area contributed by atoms with Gasteiger partial charge in [-0.2, -0.15) is 5.26 Å². The molecule has 4 aromatic rings. The minimum absolute atomic E-state index is 0.0535. The summed E-state index contributed by atoms with van der Waals surface area (Å²) in [5.41, 5.74) is 3.88. The number of nitrogens with one attached hydrogen (secondary N) is 1. The van der Waals surface area contributed by atoms with Gasteiger partial charge in [-0.25, -0.2) is 4.98 Å². The molecule has 0 saturated carbocycles. The van der Waals surface area contributed by atoms with Crippen molar-refractivity contribution in [3.8, 4) is 28.6 Å². The number of anilines is 1. The highest BCUT2D eigenvalue weighted by atomic mass is 35.5. The van der Waals surface area contributed by atoms with Crippen LogP contribution in [0.5, 0.6) is 0 Å². The zero-order valence-electron chi connectivity index (χ0n) is 16.7. The third kappa shape index (κ3) is 5.11. The maximum Gasteiger partial charge on any atom is 0.234 e. The summed E-state index contributed by atoms with van der Waals surface area (Å²) in [7, 11) is 0. The van der Waals surface area contributed by atoms with Crippen LogP contribution in [0.3, 0.4) is 0 Å². The van der Waals surface area contributed by atoms with Crippen molar-refractivity contribution in [3.63, 3.8) is 0 Å². The predicted octanol–water partition coefficient (Wildman–Crippen LogP) is 5.46. The Morgan fingerprint density at radius 2 is 1.59 bits per heavy atom. The molecule has 8 heteroatoms. The Morgan fingerprint density at radius 1 is 0.938 bits per heavy atom. The zero-order chi connectivity index (χ0) is 22.3. The van der Waals surface area contributed by atoms with Crippen LogP contribution in [0.25, 0.3) is 22.5 Å². The molecule has 0 bridgehead atoms. The molecule has 0 aliphatic rings. The summed E-state index contributed by atoms with van der Waals surface area (Å²) in [6.45, 7) is 0. The minimum Gasteiger partial charge on any atom is -0.324 e. The second kappa shape index (κ2) is 10.1. The molecule has 0 unspecified atom stereocenters. The van der Waals surface area contributed by atoms with Crippen LogP contribution in [-0.2, 0) is 4.79 Å². The van der Waals surface area contributed by atoms with Crippen molar-refractivity contribution in [2.24, 2.45) is 0 Å². The normalized spacial score (nSPS) is 10.4. The van der Waals surface area contributed by atoms with Crippen LogP contribution in [0.2, 0.25) is 5.02 Å². The molecule has 1 N–H and O–H groups in total. The standard InChI is InChI=1S/C24H16ClN5OS/c25-19-12-11-18(14-26)20(13-19)27-21(31)15-32-24-28-22(16-7-3-1-4-8-16)23(29-30-24)17-9-5-2-6-10-17/h1-13H,15H2,(H,27,31). The summed E-state index contributed by atoms with van der Waals surface area (Å²) < 4.78 is 0. The SMILES string of the molecule is N#Cc1ccc(Cl)cc1NC(=O)CSc1nnc(-c2ccccc2)c(-c2ccccc2)n1. The van der Waals surface area contributed by atoms with Gasteiger partial charge in [-0.3, -0.25) is 4.79 Å². The lowest BCUT2D eigenvalue weighted by atomic mass is 10.0. The zero-order valence-corrected chi connectivity index (χ0v) is 18.3. The third-order valence-corrected chi connectivity index (χ3v) is 5.54. The maximum atomic E-state index is 12.4. The second-order valence-electron chi connectivity index (χ2n) is 6.66. The fourth-order valence-electron chi connectivity index (χ4n) is 2.99. The van der Waals surface area contributed by atoms with E-state index in [2.05, 4.69) is 20.5 Å². The van der Waals surface area contributed by atoms with E-state index in [1.165, 1.54) is 11.8 Å². The highest BCUT2D eigenvalue weighted by molar-refractivity contribution is 7.99. The average molecular weight is 458 g/mol. The highest BCUT2D eigenvalue weighted by Gasteiger charge is 2.15. The first-order valence-corrected chi connectivity index (χ1v) is 11.0. The summed E-state index contributed by atoms with van der Waals surface area (Å²) in [4.78, 5) is 17.1. The van der Waals surface area contributed by atoms with E-state index in [-0.39, 0.29) is 11.7 Å². The Balaban J connectivity index is 1.55. The van der Waals surface area contributed by atoms with Crippen molar-refractivity contribution in [2.75, 3.05) is 11.1 Å². The summed E-state index contributed by atoms with van der Waals surface area (Å²) in [5, 5.41) is 21.4. The van der Waals surface area contributed by atoms with Crippen molar-refractivity contribution in [3.05, 3.63) is 89.4 Å². The quantitative estimate of drug-likeness (QED) is 0.386. The topological polar surface area (TPSA) is 91.6 Å². The van der Waals surface area contributed by atoms with E-state index < -0.39 is 0 Å². The number of hydrogen-bond acceptors (Lipinski definition) is 6. The highest BCUT2D eigenvalue weighted by Crippen LogP contribution is 2.29. The van der Waals surface area contributed by atoms with Crippen molar-refractivity contribution < 1.29 is 4.79 Å². The molecule has 0 fully saturated rings. The van der Waals surface area contributed by atoms with Crippen molar-refractivity contribution in [2.45, 2.75) is 5.16 Å². The van der Waals surface area contributed by atoms with Gasteiger partial charge in [0.2, 0.25) is 11.1 Å². The number of nitrogens with zero attached hydrogens (tertiary/aromatic N) is 4. The molecular weight excluding hydrogens is 442 g/mol.